The van der Waals surface area contributed by atoms with E-state index in [0.717, 1.165) is 16.0 Å². The quantitative estimate of drug-likeness (QED) is 0.284. The number of carbonyl (C=O) groups is 1. The van der Waals surface area contributed by atoms with Crippen LogP contribution in [0, 0.1) is 0 Å². The van der Waals surface area contributed by atoms with Gasteiger partial charge in [0.2, 0.25) is 5.91 Å². The van der Waals surface area contributed by atoms with Crippen LogP contribution in [0.4, 0.5) is 0 Å². The fourth-order valence-corrected chi connectivity index (χ4v) is 6.14. The lowest BCUT2D eigenvalue weighted by Gasteiger charge is -2.18. The van der Waals surface area contributed by atoms with Crippen LogP contribution in [0.5, 0.6) is 0 Å². The first kappa shape index (κ1) is 21.8. The Morgan fingerprint density at radius 3 is 2.61 bits per heavy atom. The number of hydrogen-bond acceptors (Lipinski definition) is 6. The van der Waals surface area contributed by atoms with Gasteiger partial charge in [-0.1, -0.05) is 48.2 Å². The van der Waals surface area contributed by atoms with Gasteiger partial charge in [-0.3, -0.25) is 14.2 Å². The molecule has 3 aromatic heterocycles. The van der Waals surface area contributed by atoms with Gasteiger partial charge in [0.15, 0.2) is 5.16 Å². The second kappa shape index (κ2) is 9.38. The summed E-state index contributed by atoms with van der Waals surface area (Å²) in [4.78, 5) is 32.6. The minimum atomic E-state index is -0.384. The predicted octanol–water partition coefficient (Wildman–Crippen LogP) is 5.56. The zero-order valence-electron chi connectivity index (χ0n) is 17.5. The van der Waals surface area contributed by atoms with Crippen molar-refractivity contribution in [3.8, 4) is 10.4 Å². The van der Waals surface area contributed by atoms with Gasteiger partial charge < -0.3 is 5.32 Å². The molecule has 1 aromatic carbocycles. The Balaban J connectivity index is 1.59. The van der Waals surface area contributed by atoms with E-state index in [1.54, 1.807) is 15.9 Å². The smallest absolute Gasteiger partial charge is 0.263 e. The standard InChI is InChI=1S/C23H23N3O2S3/c1-4-26-22(28)19-17(18-11-8-12-29-18)13-30-21(19)25-23(26)31-15(3)20(27)24-14(2)16-9-6-5-7-10-16/h5-15H,4H2,1-3H3,(H,24,27). The van der Waals surface area contributed by atoms with Gasteiger partial charge in [0.05, 0.1) is 16.7 Å². The number of carbonyl (C=O) groups excluding carboxylic acids is 1. The van der Waals surface area contributed by atoms with E-state index in [2.05, 4.69) is 5.32 Å². The minimum absolute atomic E-state index is 0.0510. The molecule has 8 heteroatoms. The van der Waals surface area contributed by atoms with Crippen LogP contribution in [0.1, 0.15) is 32.4 Å². The summed E-state index contributed by atoms with van der Waals surface area (Å²) in [6, 6.07) is 13.8. The van der Waals surface area contributed by atoms with Gasteiger partial charge in [-0.15, -0.1) is 22.7 Å². The Morgan fingerprint density at radius 1 is 1.16 bits per heavy atom. The Labute approximate surface area is 193 Å². The van der Waals surface area contributed by atoms with Crippen molar-refractivity contribution < 1.29 is 4.79 Å². The van der Waals surface area contributed by atoms with Gasteiger partial charge in [0.1, 0.15) is 4.83 Å². The maximum atomic E-state index is 13.3. The van der Waals surface area contributed by atoms with Crippen molar-refractivity contribution >= 4 is 50.6 Å². The minimum Gasteiger partial charge on any atom is -0.349 e. The van der Waals surface area contributed by atoms with Crippen LogP contribution < -0.4 is 10.9 Å². The molecule has 0 aliphatic heterocycles. The molecule has 0 aliphatic rings. The topological polar surface area (TPSA) is 64.0 Å². The normalized spacial score (nSPS) is 13.3. The molecular weight excluding hydrogens is 446 g/mol. The van der Waals surface area contributed by atoms with Gasteiger partial charge in [-0.25, -0.2) is 4.98 Å². The first-order chi connectivity index (χ1) is 15.0. The fourth-order valence-electron chi connectivity index (χ4n) is 3.36. The summed E-state index contributed by atoms with van der Waals surface area (Å²) in [5, 5.41) is 7.91. The molecule has 0 saturated carbocycles. The van der Waals surface area contributed by atoms with Crippen LogP contribution in [0.25, 0.3) is 20.7 Å². The van der Waals surface area contributed by atoms with Crippen molar-refractivity contribution in [2.24, 2.45) is 0 Å². The molecule has 160 valence electrons. The van der Waals surface area contributed by atoms with Gasteiger partial charge >= 0.3 is 0 Å². The van der Waals surface area contributed by atoms with Crippen molar-refractivity contribution in [2.45, 2.75) is 43.8 Å². The van der Waals surface area contributed by atoms with E-state index in [0.29, 0.717) is 21.9 Å². The van der Waals surface area contributed by atoms with Crippen LogP contribution in [0.15, 0.2) is 63.2 Å². The van der Waals surface area contributed by atoms with E-state index < -0.39 is 0 Å². The fraction of sp³-hybridized carbons (Fsp3) is 0.261. The van der Waals surface area contributed by atoms with Crippen LogP contribution in [-0.2, 0) is 11.3 Å². The summed E-state index contributed by atoms with van der Waals surface area (Å²) in [7, 11) is 0. The zero-order chi connectivity index (χ0) is 22.0. The number of nitrogens with one attached hydrogen (secondary N) is 1. The summed E-state index contributed by atoms with van der Waals surface area (Å²) in [6.07, 6.45) is 0. The summed E-state index contributed by atoms with van der Waals surface area (Å²) < 4.78 is 1.67. The number of nitrogens with zero attached hydrogens (tertiary/aromatic N) is 2. The number of amides is 1. The predicted molar refractivity (Wildman–Crippen MR) is 131 cm³/mol. The molecule has 5 nitrogen and oxygen atoms in total. The van der Waals surface area contributed by atoms with E-state index in [1.807, 2.05) is 74.0 Å². The number of benzene rings is 1. The molecule has 2 atom stereocenters. The molecule has 4 rings (SSSR count). The Morgan fingerprint density at radius 2 is 1.94 bits per heavy atom. The van der Waals surface area contributed by atoms with Gasteiger partial charge in [0, 0.05) is 22.4 Å². The molecule has 31 heavy (non-hydrogen) atoms. The largest absolute Gasteiger partial charge is 0.349 e. The molecule has 1 N–H and O–H groups in total. The average Bonchev–Trinajstić information content (AvgIpc) is 3.44. The number of thioether (sulfide) groups is 1. The zero-order valence-corrected chi connectivity index (χ0v) is 19.9. The highest BCUT2D eigenvalue weighted by Crippen LogP contribution is 2.35. The summed E-state index contributed by atoms with van der Waals surface area (Å²) in [5.41, 5.74) is 1.94. The molecule has 4 aromatic rings. The van der Waals surface area contributed by atoms with Gasteiger partial charge in [-0.05, 0) is 37.8 Å². The third kappa shape index (κ3) is 4.46. The Kier molecular flexibility index (Phi) is 6.60. The van der Waals surface area contributed by atoms with Gasteiger partial charge in [0.25, 0.3) is 5.56 Å². The van der Waals surface area contributed by atoms with Crippen molar-refractivity contribution in [2.75, 3.05) is 0 Å². The lowest BCUT2D eigenvalue weighted by molar-refractivity contribution is -0.120. The second-order valence-electron chi connectivity index (χ2n) is 7.15. The molecule has 1 amide bonds. The van der Waals surface area contributed by atoms with Gasteiger partial charge in [-0.2, -0.15) is 0 Å². The number of fused-ring (bicyclic) bond motifs is 1. The number of aromatic nitrogens is 2. The first-order valence-electron chi connectivity index (χ1n) is 10.1. The Bertz CT molecular complexity index is 1250. The maximum absolute atomic E-state index is 13.3. The lowest BCUT2D eigenvalue weighted by Crippen LogP contribution is -2.33. The summed E-state index contributed by atoms with van der Waals surface area (Å²) in [6.45, 7) is 6.24. The molecule has 0 spiro atoms. The van der Waals surface area contributed by atoms with Crippen molar-refractivity contribution in [1.82, 2.24) is 14.9 Å². The molecule has 0 radical (unpaired) electrons. The van der Waals surface area contributed by atoms with Crippen LogP contribution in [-0.4, -0.2) is 20.7 Å². The second-order valence-corrected chi connectivity index (χ2v) is 10.3. The highest BCUT2D eigenvalue weighted by molar-refractivity contribution is 8.00. The monoisotopic (exact) mass is 469 g/mol. The van der Waals surface area contributed by atoms with Crippen molar-refractivity contribution in [3.05, 3.63) is 69.1 Å². The Hall–Kier alpha value is -2.42. The number of hydrogen-bond donors (Lipinski definition) is 1. The SMILES string of the molecule is CCn1c(SC(C)C(=O)NC(C)c2ccccc2)nc2scc(-c3cccs3)c2c1=O. The summed E-state index contributed by atoms with van der Waals surface area (Å²) >= 11 is 4.41. The molecule has 3 heterocycles. The van der Waals surface area contributed by atoms with E-state index >= 15 is 0 Å². The van der Waals surface area contributed by atoms with Crippen molar-refractivity contribution in [1.29, 1.82) is 0 Å². The molecule has 0 bridgehead atoms. The van der Waals surface area contributed by atoms with Crippen LogP contribution >= 0.6 is 34.4 Å². The highest BCUT2D eigenvalue weighted by atomic mass is 32.2. The average molecular weight is 470 g/mol. The van der Waals surface area contributed by atoms with Crippen LogP contribution in [0.3, 0.4) is 0 Å². The van der Waals surface area contributed by atoms with Crippen molar-refractivity contribution in [3.63, 3.8) is 0 Å². The number of thiophene rings is 2. The lowest BCUT2D eigenvalue weighted by atomic mass is 10.1. The molecular formula is C23H23N3O2S3. The maximum Gasteiger partial charge on any atom is 0.263 e. The molecule has 2 unspecified atom stereocenters. The summed E-state index contributed by atoms with van der Waals surface area (Å²) in [5.74, 6) is -0.0798. The third-order valence-electron chi connectivity index (χ3n) is 5.07. The molecule has 0 aliphatic carbocycles. The molecule has 0 fully saturated rings. The van der Waals surface area contributed by atoms with Crippen LogP contribution in [0.2, 0.25) is 0 Å². The number of rotatable bonds is 7. The third-order valence-corrected chi connectivity index (χ3v) is 7.94. The van der Waals surface area contributed by atoms with E-state index in [9.17, 15) is 9.59 Å². The van der Waals surface area contributed by atoms with E-state index in [1.165, 1.54) is 23.1 Å². The van der Waals surface area contributed by atoms with E-state index in [4.69, 9.17) is 4.98 Å². The molecule has 0 saturated heterocycles. The highest BCUT2D eigenvalue weighted by Gasteiger charge is 2.22. The first-order valence-corrected chi connectivity index (χ1v) is 12.7. The van der Waals surface area contributed by atoms with E-state index in [-0.39, 0.29) is 22.8 Å².